The Balaban J connectivity index is 2.21. The third-order valence-electron chi connectivity index (χ3n) is 5.94. The molecule has 0 aromatic heterocycles. The molecule has 15 heteroatoms. The Morgan fingerprint density at radius 3 is 1.93 bits per heavy atom. The van der Waals surface area contributed by atoms with Crippen LogP contribution in [-0.2, 0) is 32.0 Å². The summed E-state index contributed by atoms with van der Waals surface area (Å²) in [6, 6.07) is 10.9. The second kappa shape index (κ2) is 15.4. The Labute approximate surface area is 235 Å². The Morgan fingerprint density at radius 1 is 0.927 bits per heavy atom. The predicted octanol–water partition coefficient (Wildman–Crippen LogP) is -0.0963. The minimum absolute atomic E-state index is 0.00378. The van der Waals surface area contributed by atoms with Crippen molar-refractivity contribution < 1.29 is 34.4 Å². The van der Waals surface area contributed by atoms with E-state index in [-0.39, 0.29) is 38.0 Å². The van der Waals surface area contributed by atoms with Crippen LogP contribution in [-0.4, -0.2) is 74.6 Å². The zero-order valence-corrected chi connectivity index (χ0v) is 22.3. The number of hydrogen-bond acceptors (Lipinski definition) is 8. The van der Waals surface area contributed by atoms with E-state index in [9.17, 15) is 39.5 Å². The molecule has 3 amide bonds. The molecule has 0 bridgehead atoms. The third-order valence-corrected chi connectivity index (χ3v) is 5.94. The number of carbonyl (C=O) groups excluding carboxylic acids is 3. The SMILES string of the molecule is CC(=O)N[C@H](Cc1ccc(O)cc1)C(=O)N[C@@H](Cc1ccccc1)C(=O)NC(CCCN(C(=N)N)[N+](=O)[O-])C(=O)O. The van der Waals surface area contributed by atoms with Crippen molar-refractivity contribution in [1.29, 1.82) is 5.41 Å². The average Bonchev–Trinajstić information content (AvgIpc) is 2.90. The summed E-state index contributed by atoms with van der Waals surface area (Å²) in [6.45, 7) is 0.872. The molecule has 0 aliphatic heterocycles. The number of amides is 3. The van der Waals surface area contributed by atoms with Gasteiger partial charge in [-0.1, -0.05) is 47.5 Å². The molecule has 2 aromatic carbocycles. The molecule has 2 aromatic rings. The predicted molar refractivity (Wildman–Crippen MR) is 146 cm³/mol. The zero-order valence-electron chi connectivity index (χ0n) is 22.3. The van der Waals surface area contributed by atoms with Crippen LogP contribution >= 0.6 is 0 Å². The van der Waals surface area contributed by atoms with Crippen molar-refractivity contribution in [3.05, 3.63) is 75.8 Å². The molecule has 41 heavy (non-hydrogen) atoms. The van der Waals surface area contributed by atoms with Crippen LogP contribution in [0.1, 0.15) is 30.9 Å². The van der Waals surface area contributed by atoms with E-state index in [0.29, 0.717) is 16.1 Å². The first-order valence-corrected chi connectivity index (χ1v) is 12.6. The van der Waals surface area contributed by atoms with Gasteiger partial charge in [-0.15, -0.1) is 0 Å². The van der Waals surface area contributed by atoms with Crippen LogP contribution in [0.2, 0.25) is 0 Å². The molecule has 0 saturated carbocycles. The number of rotatable bonds is 15. The van der Waals surface area contributed by atoms with Crippen molar-refractivity contribution in [3.63, 3.8) is 0 Å². The van der Waals surface area contributed by atoms with Gasteiger partial charge in [0, 0.05) is 19.8 Å². The van der Waals surface area contributed by atoms with Crippen LogP contribution in [0.4, 0.5) is 0 Å². The second-order valence-electron chi connectivity index (χ2n) is 9.16. The van der Waals surface area contributed by atoms with Gasteiger partial charge in [-0.3, -0.25) is 19.8 Å². The van der Waals surface area contributed by atoms with Gasteiger partial charge in [0.15, 0.2) is 5.03 Å². The molecule has 15 nitrogen and oxygen atoms in total. The Kier molecular flexibility index (Phi) is 12.0. The maximum absolute atomic E-state index is 13.3. The fourth-order valence-corrected chi connectivity index (χ4v) is 3.92. The molecule has 220 valence electrons. The van der Waals surface area contributed by atoms with Crippen LogP contribution in [0.15, 0.2) is 54.6 Å². The summed E-state index contributed by atoms with van der Waals surface area (Å²) in [5.41, 5.74) is 6.46. The number of hydrogen-bond donors (Lipinski definition) is 7. The number of nitrogens with two attached hydrogens (primary N) is 1. The molecule has 0 spiro atoms. The summed E-state index contributed by atoms with van der Waals surface area (Å²) in [5, 5.41) is 44.4. The molecule has 0 heterocycles. The molecule has 1 unspecified atom stereocenters. The van der Waals surface area contributed by atoms with Crippen LogP contribution in [0.25, 0.3) is 0 Å². The van der Waals surface area contributed by atoms with Gasteiger partial charge in [0.05, 0.1) is 6.54 Å². The number of benzene rings is 2. The van der Waals surface area contributed by atoms with Crippen molar-refractivity contribution in [2.45, 2.75) is 50.7 Å². The first-order chi connectivity index (χ1) is 19.4. The van der Waals surface area contributed by atoms with Gasteiger partial charge in [0.25, 0.3) is 5.96 Å². The molecule has 0 fully saturated rings. The zero-order chi connectivity index (χ0) is 30.5. The normalized spacial score (nSPS) is 12.7. The molecule has 0 aliphatic rings. The van der Waals surface area contributed by atoms with Gasteiger partial charge in [-0.2, -0.15) is 0 Å². The van der Waals surface area contributed by atoms with Crippen LogP contribution < -0.4 is 21.7 Å². The Bertz CT molecular complexity index is 1230. The van der Waals surface area contributed by atoms with Gasteiger partial charge in [0.2, 0.25) is 17.7 Å². The number of carbonyl (C=O) groups is 4. The Hall–Kier alpha value is -5.21. The van der Waals surface area contributed by atoms with Crippen LogP contribution in [0, 0.1) is 15.5 Å². The highest BCUT2D eigenvalue weighted by molar-refractivity contribution is 5.93. The smallest absolute Gasteiger partial charge is 0.326 e. The van der Waals surface area contributed by atoms with Gasteiger partial charge in [-0.25, -0.2) is 14.9 Å². The first kappa shape index (κ1) is 32.0. The van der Waals surface area contributed by atoms with Crippen molar-refractivity contribution in [2.75, 3.05) is 6.54 Å². The van der Waals surface area contributed by atoms with Crippen LogP contribution in [0.3, 0.4) is 0 Å². The van der Waals surface area contributed by atoms with Gasteiger partial charge < -0.3 is 31.9 Å². The lowest BCUT2D eigenvalue weighted by Gasteiger charge is -2.25. The largest absolute Gasteiger partial charge is 0.508 e. The lowest BCUT2D eigenvalue weighted by atomic mass is 10.0. The highest BCUT2D eigenvalue weighted by Gasteiger charge is 2.30. The van der Waals surface area contributed by atoms with E-state index in [4.69, 9.17) is 11.1 Å². The fraction of sp³-hybridized carbons (Fsp3) is 0.346. The lowest BCUT2D eigenvalue weighted by molar-refractivity contribution is -0.629. The van der Waals surface area contributed by atoms with Gasteiger partial charge >= 0.3 is 5.97 Å². The molecule has 8 N–H and O–H groups in total. The third kappa shape index (κ3) is 10.8. The molecule has 2 rings (SSSR count). The molecular formula is C26H33N7O8. The number of phenols is 1. The summed E-state index contributed by atoms with van der Waals surface area (Å²) in [7, 11) is 0. The molecule has 3 atom stereocenters. The van der Waals surface area contributed by atoms with E-state index >= 15 is 0 Å². The summed E-state index contributed by atoms with van der Waals surface area (Å²) in [5.74, 6) is -4.21. The summed E-state index contributed by atoms with van der Waals surface area (Å²) in [6.07, 6.45) is -0.271. The number of carboxylic acids is 1. The van der Waals surface area contributed by atoms with E-state index in [1.54, 1.807) is 42.5 Å². The number of nitrogens with zero attached hydrogens (tertiary/aromatic N) is 2. The first-order valence-electron chi connectivity index (χ1n) is 12.6. The summed E-state index contributed by atoms with van der Waals surface area (Å²) >= 11 is 0. The van der Waals surface area contributed by atoms with E-state index in [1.807, 2.05) is 0 Å². The second-order valence-corrected chi connectivity index (χ2v) is 9.16. The standard InChI is InChI=1S/C26H33N7O8/c1-16(34)29-21(15-18-9-11-19(35)12-10-18)23(36)31-22(14-17-6-3-2-4-7-17)24(37)30-20(25(38)39)8-5-13-32(26(27)28)33(40)41/h2-4,6-7,9-12,20-22,35H,5,8,13-15H2,1H3,(H3,27,28)(H,29,34)(H,30,37)(H,31,36)(H,38,39)/t20?,21-,22+/m1/s1. The van der Waals surface area contributed by atoms with Crippen molar-refractivity contribution in [1.82, 2.24) is 21.0 Å². The number of nitrogens with one attached hydrogen (secondary N) is 4. The van der Waals surface area contributed by atoms with Crippen molar-refractivity contribution in [3.8, 4) is 5.75 Å². The minimum Gasteiger partial charge on any atom is -0.508 e. The number of aromatic hydroxyl groups is 1. The molecule has 0 radical (unpaired) electrons. The lowest BCUT2D eigenvalue weighted by Crippen LogP contribution is -2.56. The van der Waals surface area contributed by atoms with Gasteiger partial charge in [-0.05, 0) is 36.1 Å². The topological polar surface area (TPSA) is 241 Å². The molecule has 0 aliphatic carbocycles. The Morgan fingerprint density at radius 2 is 1.44 bits per heavy atom. The van der Waals surface area contributed by atoms with Crippen molar-refractivity contribution in [2.24, 2.45) is 5.73 Å². The average molecular weight is 572 g/mol. The number of aliphatic carboxylic acids is 1. The van der Waals surface area contributed by atoms with E-state index < -0.39 is 52.8 Å². The number of carboxylic acid groups (broad SMARTS) is 1. The highest BCUT2D eigenvalue weighted by atomic mass is 16.7. The fourth-order valence-electron chi connectivity index (χ4n) is 3.92. The van der Waals surface area contributed by atoms with E-state index in [1.165, 1.54) is 19.1 Å². The molecular weight excluding hydrogens is 538 g/mol. The molecule has 0 saturated heterocycles. The van der Waals surface area contributed by atoms with Crippen molar-refractivity contribution >= 4 is 29.7 Å². The van der Waals surface area contributed by atoms with Gasteiger partial charge in [0.1, 0.15) is 23.9 Å². The number of phenolic OH excluding ortho intramolecular Hbond substituents is 1. The number of guanidine groups is 1. The maximum atomic E-state index is 13.3. The maximum Gasteiger partial charge on any atom is 0.326 e. The number of nitro groups is 1. The summed E-state index contributed by atoms with van der Waals surface area (Å²) < 4.78 is 0. The summed E-state index contributed by atoms with van der Waals surface area (Å²) in [4.78, 5) is 61.2. The monoisotopic (exact) mass is 571 g/mol. The van der Waals surface area contributed by atoms with E-state index in [2.05, 4.69) is 16.0 Å². The van der Waals surface area contributed by atoms with E-state index in [0.717, 1.165) is 0 Å². The van der Waals surface area contributed by atoms with Crippen LogP contribution in [0.5, 0.6) is 5.75 Å². The highest BCUT2D eigenvalue weighted by Crippen LogP contribution is 2.12. The number of hydrazine groups is 1. The quantitative estimate of drug-likeness (QED) is 0.0648. The minimum atomic E-state index is -1.46.